The average Bonchev–Trinajstić information content (AvgIpc) is 0.750. The molecule has 650 valence electrons. The third-order valence-corrected chi connectivity index (χ3v) is 21.3. The van der Waals surface area contributed by atoms with Crippen molar-refractivity contribution in [3.63, 3.8) is 0 Å². The summed E-state index contributed by atoms with van der Waals surface area (Å²) in [6.07, 6.45) is -24.8. The van der Waals surface area contributed by atoms with Crippen molar-refractivity contribution < 1.29 is 168 Å². The predicted octanol–water partition coefficient (Wildman–Crippen LogP) is -2.16. The van der Waals surface area contributed by atoms with E-state index in [-0.39, 0.29) is 6.42 Å². The number of rotatable bonds is 53. The quantitative estimate of drug-likeness (QED) is 0.0228. The molecule has 29 unspecified atom stereocenters. The second kappa shape index (κ2) is 49.8. The van der Waals surface area contributed by atoms with Gasteiger partial charge >= 0.3 is 11.9 Å². The molecule has 5 heterocycles. The number of aliphatic hydroxyl groups is 16. The van der Waals surface area contributed by atoms with Gasteiger partial charge in [-0.15, -0.1) is 0 Å². The number of allylic oxidation sites excluding steroid dienone is 1. The van der Waals surface area contributed by atoms with E-state index in [1.54, 1.807) is 6.08 Å². The predicted molar refractivity (Wildman–Crippen MR) is 390 cm³/mol. The van der Waals surface area contributed by atoms with Gasteiger partial charge < -0.3 is 160 Å². The van der Waals surface area contributed by atoms with Crippen LogP contribution in [0, 0.1) is 5.92 Å². The number of carbonyl (C=O) groups excluding carboxylic acids is 4. The molecule has 0 aromatic carbocycles. The Labute approximate surface area is 653 Å². The number of carboxylic acids is 2. The molecule has 5 saturated heterocycles. The highest BCUT2D eigenvalue weighted by atomic mass is 16.8. The van der Waals surface area contributed by atoms with Crippen LogP contribution in [0.1, 0.15) is 208 Å². The zero-order valence-electron chi connectivity index (χ0n) is 65.2. The molecule has 112 heavy (non-hydrogen) atoms. The van der Waals surface area contributed by atoms with Gasteiger partial charge in [0, 0.05) is 45.4 Å². The largest absolute Gasteiger partial charge is 0.477 e. The Morgan fingerprint density at radius 2 is 0.973 bits per heavy atom. The summed E-state index contributed by atoms with van der Waals surface area (Å²) in [4.78, 5) is 79.0. The van der Waals surface area contributed by atoms with Crippen molar-refractivity contribution >= 4 is 35.4 Å². The smallest absolute Gasteiger partial charge is 0.364 e. The topological polar surface area (TPSA) is 595 Å². The summed E-state index contributed by atoms with van der Waals surface area (Å²) < 4.78 is 60.0. The fourth-order valence-corrected chi connectivity index (χ4v) is 15.0. The molecule has 0 aliphatic carbocycles. The molecule has 0 bridgehead atoms. The molecular formula is C75H131N3O34. The van der Waals surface area contributed by atoms with E-state index in [1.807, 2.05) is 0 Å². The van der Waals surface area contributed by atoms with E-state index in [9.17, 15) is 121 Å². The maximum atomic E-state index is 14.2. The molecule has 5 rings (SSSR count). The number of nitrogens with one attached hydrogen (secondary N) is 3. The Balaban J connectivity index is 1.47. The van der Waals surface area contributed by atoms with Gasteiger partial charge in [0.15, 0.2) is 18.9 Å². The maximum Gasteiger partial charge on any atom is 0.364 e. The first kappa shape index (κ1) is 98.3. The van der Waals surface area contributed by atoms with E-state index in [0.29, 0.717) is 12.8 Å². The molecule has 37 nitrogen and oxygen atoms in total. The van der Waals surface area contributed by atoms with Crippen molar-refractivity contribution in [3.05, 3.63) is 12.2 Å². The monoisotopic (exact) mass is 1620 g/mol. The Hall–Kier alpha value is -4.28. The average molecular weight is 1620 g/mol. The van der Waals surface area contributed by atoms with Crippen molar-refractivity contribution in [2.75, 3.05) is 39.6 Å². The van der Waals surface area contributed by atoms with Gasteiger partial charge in [0.2, 0.25) is 17.7 Å². The Kier molecular flexibility index (Phi) is 43.7. The van der Waals surface area contributed by atoms with Crippen LogP contribution in [-0.4, -0.2) is 338 Å². The highest BCUT2D eigenvalue weighted by Gasteiger charge is 2.64. The van der Waals surface area contributed by atoms with Crippen LogP contribution >= 0.6 is 0 Å². The number of hydrogen-bond acceptors (Lipinski definition) is 32. The molecule has 0 aromatic heterocycles. The van der Waals surface area contributed by atoms with Crippen LogP contribution in [-0.2, 0) is 76.1 Å². The van der Waals surface area contributed by atoms with Crippen LogP contribution in [0.3, 0.4) is 0 Å². The summed E-state index contributed by atoms with van der Waals surface area (Å²) >= 11 is 0. The number of ketones is 1. The van der Waals surface area contributed by atoms with Crippen LogP contribution in [0.4, 0.5) is 0 Å². The third-order valence-electron chi connectivity index (χ3n) is 21.3. The normalized spacial score (nSPS) is 34.1. The Bertz CT molecular complexity index is 2780. The molecule has 0 saturated carbocycles. The van der Waals surface area contributed by atoms with E-state index >= 15 is 0 Å². The molecule has 29 atom stereocenters. The number of aliphatic hydroxyl groups excluding tert-OH is 16. The first-order valence-corrected chi connectivity index (χ1v) is 39.9. The second-order valence-electron chi connectivity index (χ2n) is 30.4. The molecular weight excluding hydrogens is 1490 g/mol. The minimum Gasteiger partial charge on any atom is -0.477 e. The first-order chi connectivity index (χ1) is 53.3. The van der Waals surface area contributed by atoms with Gasteiger partial charge in [-0.3, -0.25) is 14.4 Å². The van der Waals surface area contributed by atoms with Crippen LogP contribution in [0.5, 0.6) is 0 Å². The molecule has 3 amide bonds. The van der Waals surface area contributed by atoms with Crippen LogP contribution in [0.2, 0.25) is 0 Å². The van der Waals surface area contributed by atoms with E-state index in [1.165, 1.54) is 76.7 Å². The first-order valence-electron chi connectivity index (χ1n) is 39.9. The lowest BCUT2D eigenvalue weighted by Gasteiger charge is -2.52. The van der Waals surface area contributed by atoms with Gasteiger partial charge in [-0.25, -0.2) is 9.59 Å². The summed E-state index contributed by atoms with van der Waals surface area (Å²) in [6, 6.07) is -4.95. The Morgan fingerprint density at radius 3 is 1.46 bits per heavy atom. The summed E-state index contributed by atoms with van der Waals surface area (Å²) in [7, 11) is 0. The Morgan fingerprint density at radius 1 is 0.509 bits per heavy atom. The minimum absolute atomic E-state index is 0.114. The van der Waals surface area contributed by atoms with Gasteiger partial charge in [0.1, 0.15) is 103 Å². The summed E-state index contributed by atoms with van der Waals surface area (Å²) in [5.74, 6) is -15.9. The van der Waals surface area contributed by atoms with Crippen molar-refractivity contribution in [2.45, 2.75) is 379 Å². The van der Waals surface area contributed by atoms with E-state index in [4.69, 9.17) is 47.4 Å². The maximum absolute atomic E-state index is 14.2. The SMILES string of the molecule is CCCCCCCCCCCCCC=CC(O)C(COC1OC(CO)C(OC2OC(CO)C(OC3OC(CO)C(O)C(O)C3CC(C)=O)C(OC3(C(=O)O)CC(O)C(NC(C)=O)C(C(O)C(CO)OC4(C(=O)O)CC(O)C(NC(C)=O)C(C(O)C(O)CO)O4)O3)C2O)C(O)C1O)NC(=O)CCCCCCCCCCCCC. The number of carbonyl (C=O) groups is 6. The van der Waals surface area contributed by atoms with Gasteiger partial charge in [-0.2, -0.15) is 0 Å². The highest BCUT2D eigenvalue weighted by molar-refractivity contribution is 5.78. The summed E-state index contributed by atoms with van der Waals surface area (Å²) in [5, 5.41) is 210. The third kappa shape index (κ3) is 28.8. The number of aliphatic carboxylic acids is 2. The number of unbranched alkanes of at least 4 members (excludes halogenated alkanes) is 21. The van der Waals surface area contributed by atoms with Gasteiger partial charge in [-0.1, -0.05) is 154 Å². The molecule has 0 aromatic rings. The highest BCUT2D eigenvalue weighted by Crippen LogP contribution is 2.43. The van der Waals surface area contributed by atoms with Crippen LogP contribution < -0.4 is 16.0 Å². The number of hydrogen-bond donors (Lipinski definition) is 21. The minimum atomic E-state index is -3.57. The number of Topliss-reactive ketones (excluding diaryl/α,β-unsaturated/α-hetero) is 1. The molecule has 0 radical (unpaired) electrons. The molecule has 21 N–H and O–H groups in total. The standard InChI is InChI=1S/C75H131N3O34/c1-6-8-10-12-14-16-18-19-21-22-24-26-28-30-46(87)45(78-54(91)31-29-27-25-23-20-17-15-13-11-9-7-2)40-103-70-62(97)61(96)64(52(38-82)105-70)107-71-63(98)68(65(53(39-83)106-71)108-69-44(32-41(3)84)57(92)59(94)50(36-80)104-69)112-75(73(101)102)34-48(89)56(77-43(5)86)67(111-75)60(95)51(37-81)109-74(72(99)100)33-47(88)55(76-42(4)85)66(110-74)58(93)49(90)35-79/h28,30,44-53,55-71,79-83,87-90,92-98H,6-27,29,31-40H2,1-5H3,(H,76,85)(H,77,86)(H,78,91)(H,99,100)(H,101,102). The molecule has 0 spiro atoms. The van der Waals surface area contributed by atoms with E-state index < -0.39 is 271 Å². The summed E-state index contributed by atoms with van der Waals surface area (Å²) in [5.41, 5.74) is 0. The van der Waals surface area contributed by atoms with Gasteiger partial charge in [0.25, 0.3) is 11.6 Å². The summed E-state index contributed by atoms with van der Waals surface area (Å²) in [6.45, 7) is 0.661. The number of amides is 3. The van der Waals surface area contributed by atoms with E-state index in [2.05, 4.69) is 29.8 Å². The lowest BCUT2D eigenvalue weighted by atomic mass is 9.86. The van der Waals surface area contributed by atoms with Gasteiger partial charge in [0.05, 0.1) is 82.2 Å². The number of carboxylic acid groups (broad SMARTS) is 2. The number of ether oxygens (including phenoxy) is 10. The fourth-order valence-electron chi connectivity index (χ4n) is 15.0. The lowest BCUT2D eigenvalue weighted by molar-refractivity contribution is -0.404. The van der Waals surface area contributed by atoms with E-state index in [0.717, 1.165) is 85.0 Å². The fraction of sp³-hybridized carbons (Fsp3) is 0.893. The van der Waals surface area contributed by atoms with Gasteiger partial charge in [-0.05, 0) is 26.2 Å². The molecule has 5 aliphatic rings. The zero-order chi connectivity index (χ0) is 83.0. The molecule has 5 fully saturated rings. The molecule has 37 heteroatoms. The van der Waals surface area contributed by atoms with Crippen molar-refractivity contribution in [1.82, 2.24) is 16.0 Å². The zero-order valence-corrected chi connectivity index (χ0v) is 65.2. The lowest BCUT2D eigenvalue weighted by Crippen LogP contribution is -2.72. The molecule has 5 aliphatic heterocycles. The van der Waals surface area contributed by atoms with Crippen LogP contribution in [0.25, 0.3) is 0 Å². The second-order valence-corrected chi connectivity index (χ2v) is 30.4. The van der Waals surface area contributed by atoms with Crippen molar-refractivity contribution in [1.29, 1.82) is 0 Å². The van der Waals surface area contributed by atoms with Crippen LogP contribution in [0.15, 0.2) is 12.2 Å². The van der Waals surface area contributed by atoms with Crippen molar-refractivity contribution in [3.8, 4) is 0 Å². The van der Waals surface area contributed by atoms with Crippen molar-refractivity contribution in [2.24, 2.45) is 5.92 Å².